The van der Waals surface area contributed by atoms with E-state index in [0.717, 1.165) is 17.2 Å². The van der Waals surface area contributed by atoms with E-state index in [2.05, 4.69) is 5.32 Å². The second kappa shape index (κ2) is 6.72. The number of hydrogen-bond acceptors (Lipinski definition) is 2. The zero-order valence-corrected chi connectivity index (χ0v) is 10.6. The number of rotatable bonds is 5. The second-order valence-electron chi connectivity index (χ2n) is 3.69. The maximum absolute atomic E-state index is 5.74. The fraction of sp³-hybridized carbons (Fsp3) is 0.0667. The number of benzene rings is 2. The molecule has 0 aliphatic rings. The molecule has 92 valence electrons. The molecule has 2 nitrogen and oxygen atoms in total. The van der Waals surface area contributed by atoms with Gasteiger partial charge in [-0.3, -0.25) is 0 Å². The lowest BCUT2D eigenvalue weighted by atomic mass is 10.3. The maximum Gasteiger partial charge on any atom is 0.129 e. The van der Waals surface area contributed by atoms with Crippen LogP contribution in [-0.4, -0.2) is 6.54 Å². The normalized spacial score (nSPS) is 10.5. The Balaban J connectivity index is 2.03. The van der Waals surface area contributed by atoms with Gasteiger partial charge in [0.2, 0.25) is 0 Å². The van der Waals surface area contributed by atoms with Crippen molar-refractivity contribution in [3.63, 3.8) is 0 Å². The van der Waals surface area contributed by atoms with Crippen LogP contribution in [0.25, 0.3) is 0 Å². The van der Waals surface area contributed by atoms with E-state index in [0.29, 0.717) is 6.54 Å². The lowest BCUT2D eigenvalue weighted by molar-refractivity contribution is 0.483. The van der Waals surface area contributed by atoms with Crippen molar-refractivity contribution in [3.8, 4) is 11.5 Å². The van der Waals surface area contributed by atoms with E-state index in [1.807, 2.05) is 60.7 Å². The van der Waals surface area contributed by atoms with Crippen LogP contribution in [0.15, 0.2) is 66.2 Å². The standard InChI is InChI=1S/C15H14ClNO/c16-10-5-11-17-13-6-4-9-15(12-13)18-14-7-2-1-3-8-14/h1-10,12,17H,11H2/b10-5+. The molecule has 0 spiro atoms. The first kappa shape index (κ1) is 12.5. The molecular formula is C15H14ClNO. The molecule has 1 N–H and O–H groups in total. The molecule has 2 aromatic carbocycles. The van der Waals surface area contributed by atoms with Crippen molar-refractivity contribution in [2.24, 2.45) is 0 Å². The van der Waals surface area contributed by atoms with Crippen LogP contribution < -0.4 is 10.1 Å². The molecule has 18 heavy (non-hydrogen) atoms. The third-order valence-electron chi connectivity index (χ3n) is 2.33. The van der Waals surface area contributed by atoms with Crippen LogP contribution in [0.2, 0.25) is 0 Å². The van der Waals surface area contributed by atoms with Crippen molar-refractivity contribution < 1.29 is 4.74 Å². The lowest BCUT2D eigenvalue weighted by Crippen LogP contribution is -1.97. The molecule has 3 heteroatoms. The third kappa shape index (κ3) is 3.82. The molecule has 0 aliphatic carbocycles. The zero-order chi connectivity index (χ0) is 12.6. The number of nitrogens with one attached hydrogen (secondary N) is 1. The van der Waals surface area contributed by atoms with Gasteiger partial charge in [-0.2, -0.15) is 0 Å². The quantitative estimate of drug-likeness (QED) is 0.844. The van der Waals surface area contributed by atoms with Crippen LogP contribution in [0.3, 0.4) is 0 Å². The fourth-order valence-corrected chi connectivity index (χ4v) is 1.60. The molecule has 0 bridgehead atoms. The topological polar surface area (TPSA) is 21.3 Å². The van der Waals surface area contributed by atoms with Crippen molar-refractivity contribution >= 4 is 17.3 Å². The molecule has 0 atom stereocenters. The highest BCUT2D eigenvalue weighted by Crippen LogP contribution is 2.23. The molecule has 2 rings (SSSR count). The summed E-state index contributed by atoms with van der Waals surface area (Å²) in [6, 6.07) is 17.5. The Hall–Kier alpha value is -1.93. The highest BCUT2D eigenvalue weighted by molar-refractivity contribution is 6.25. The molecule has 0 saturated carbocycles. The van der Waals surface area contributed by atoms with Gasteiger partial charge in [-0.1, -0.05) is 41.9 Å². The predicted molar refractivity (Wildman–Crippen MR) is 76.4 cm³/mol. The summed E-state index contributed by atoms with van der Waals surface area (Å²) in [4.78, 5) is 0. The third-order valence-corrected chi connectivity index (χ3v) is 2.50. The summed E-state index contributed by atoms with van der Waals surface area (Å²) in [6.07, 6.45) is 1.84. The van der Waals surface area contributed by atoms with E-state index in [1.165, 1.54) is 5.54 Å². The van der Waals surface area contributed by atoms with E-state index >= 15 is 0 Å². The van der Waals surface area contributed by atoms with Gasteiger partial charge in [0.05, 0.1) is 0 Å². The molecule has 0 aliphatic heterocycles. The molecule has 0 aromatic heterocycles. The molecule has 0 heterocycles. The molecule has 2 aromatic rings. The lowest BCUT2D eigenvalue weighted by Gasteiger charge is -2.08. The minimum Gasteiger partial charge on any atom is -0.457 e. The van der Waals surface area contributed by atoms with E-state index in [-0.39, 0.29) is 0 Å². The van der Waals surface area contributed by atoms with Gasteiger partial charge in [0.25, 0.3) is 0 Å². The average molecular weight is 260 g/mol. The van der Waals surface area contributed by atoms with Crippen molar-refractivity contribution in [1.29, 1.82) is 0 Å². The summed E-state index contributed by atoms with van der Waals surface area (Å²) in [6.45, 7) is 0.693. The van der Waals surface area contributed by atoms with Crippen LogP contribution >= 0.6 is 11.6 Å². The molecular weight excluding hydrogens is 246 g/mol. The average Bonchev–Trinajstić information content (AvgIpc) is 2.41. The number of hydrogen-bond donors (Lipinski definition) is 1. The Morgan fingerprint density at radius 3 is 2.56 bits per heavy atom. The summed E-state index contributed by atoms with van der Waals surface area (Å²) in [5.41, 5.74) is 2.50. The number of para-hydroxylation sites is 1. The summed E-state index contributed by atoms with van der Waals surface area (Å²) >= 11 is 5.46. The first-order chi connectivity index (χ1) is 8.88. The second-order valence-corrected chi connectivity index (χ2v) is 3.94. The van der Waals surface area contributed by atoms with Gasteiger partial charge >= 0.3 is 0 Å². The monoisotopic (exact) mass is 259 g/mol. The molecule has 0 saturated heterocycles. The highest BCUT2D eigenvalue weighted by Gasteiger charge is 1.97. The van der Waals surface area contributed by atoms with E-state index in [1.54, 1.807) is 0 Å². The van der Waals surface area contributed by atoms with Crippen molar-refractivity contribution in [2.45, 2.75) is 0 Å². The molecule has 0 fully saturated rings. The van der Waals surface area contributed by atoms with Gasteiger partial charge in [0.1, 0.15) is 11.5 Å². The van der Waals surface area contributed by atoms with Crippen LogP contribution in [0.1, 0.15) is 0 Å². The van der Waals surface area contributed by atoms with Crippen LogP contribution in [0.4, 0.5) is 5.69 Å². The molecule has 0 unspecified atom stereocenters. The first-order valence-electron chi connectivity index (χ1n) is 5.70. The van der Waals surface area contributed by atoms with Crippen molar-refractivity contribution in [1.82, 2.24) is 0 Å². The number of halogens is 1. The van der Waals surface area contributed by atoms with Crippen LogP contribution in [0, 0.1) is 0 Å². The summed E-state index contributed by atoms with van der Waals surface area (Å²) in [5.74, 6) is 1.64. The van der Waals surface area contributed by atoms with Crippen LogP contribution in [-0.2, 0) is 0 Å². The van der Waals surface area contributed by atoms with Gasteiger partial charge < -0.3 is 10.1 Å². The van der Waals surface area contributed by atoms with Gasteiger partial charge in [-0.25, -0.2) is 0 Å². The number of anilines is 1. The van der Waals surface area contributed by atoms with E-state index in [4.69, 9.17) is 16.3 Å². The fourth-order valence-electron chi connectivity index (χ4n) is 1.52. The van der Waals surface area contributed by atoms with Crippen molar-refractivity contribution in [2.75, 3.05) is 11.9 Å². The smallest absolute Gasteiger partial charge is 0.129 e. The van der Waals surface area contributed by atoms with Gasteiger partial charge in [0.15, 0.2) is 0 Å². The van der Waals surface area contributed by atoms with Gasteiger partial charge in [-0.15, -0.1) is 0 Å². The van der Waals surface area contributed by atoms with Gasteiger partial charge in [-0.05, 0) is 24.3 Å². The minimum absolute atomic E-state index is 0.693. The largest absolute Gasteiger partial charge is 0.457 e. The molecule has 0 amide bonds. The number of ether oxygens (including phenoxy) is 1. The Labute approximate surface area is 112 Å². The van der Waals surface area contributed by atoms with Gasteiger partial charge in [0, 0.05) is 23.8 Å². The predicted octanol–water partition coefficient (Wildman–Crippen LogP) is 4.64. The Kier molecular flexibility index (Phi) is 4.68. The zero-order valence-electron chi connectivity index (χ0n) is 9.84. The molecule has 0 radical (unpaired) electrons. The maximum atomic E-state index is 5.74. The highest BCUT2D eigenvalue weighted by atomic mass is 35.5. The SMILES string of the molecule is Cl/C=C/CNc1cccc(Oc2ccccc2)c1. The van der Waals surface area contributed by atoms with E-state index in [9.17, 15) is 0 Å². The minimum atomic E-state index is 0.693. The summed E-state index contributed by atoms with van der Waals surface area (Å²) in [7, 11) is 0. The Bertz CT molecular complexity index is 511. The summed E-state index contributed by atoms with van der Waals surface area (Å²) in [5, 5.41) is 3.22. The van der Waals surface area contributed by atoms with E-state index < -0.39 is 0 Å². The Morgan fingerprint density at radius 1 is 1.00 bits per heavy atom. The van der Waals surface area contributed by atoms with Crippen molar-refractivity contribution in [3.05, 3.63) is 66.2 Å². The first-order valence-corrected chi connectivity index (χ1v) is 6.14. The summed E-state index contributed by atoms with van der Waals surface area (Å²) < 4.78 is 5.74. The van der Waals surface area contributed by atoms with Crippen LogP contribution in [0.5, 0.6) is 11.5 Å². The Morgan fingerprint density at radius 2 is 1.78 bits per heavy atom.